The number of carbonyl (C=O) groups is 1. The van der Waals surface area contributed by atoms with Crippen LogP contribution >= 0.6 is 0 Å². The summed E-state index contributed by atoms with van der Waals surface area (Å²) in [5.41, 5.74) is -7.30. The van der Waals surface area contributed by atoms with Gasteiger partial charge < -0.3 is 14.2 Å². The van der Waals surface area contributed by atoms with Gasteiger partial charge in [-0.2, -0.15) is 21.6 Å². The molecule has 0 radical (unpaired) electrons. The molecule has 0 saturated carbocycles. The Morgan fingerprint density at radius 1 is 1.39 bits per heavy atom. The molecule has 0 aromatic rings. The summed E-state index contributed by atoms with van der Waals surface area (Å²) in [6.07, 6.45) is 1.38. The van der Waals surface area contributed by atoms with E-state index in [4.69, 9.17) is 14.2 Å². The van der Waals surface area contributed by atoms with Crippen LogP contribution in [0.3, 0.4) is 0 Å². The van der Waals surface area contributed by atoms with E-state index in [1.54, 1.807) is 13.8 Å². The van der Waals surface area contributed by atoms with Gasteiger partial charge in [0.25, 0.3) is 0 Å². The Kier molecular flexibility index (Phi) is 4.52. The number of cyclic esters (lactones) is 1. The molecule has 0 aliphatic carbocycles. The first kappa shape index (κ1) is 18.2. The van der Waals surface area contributed by atoms with Crippen molar-refractivity contribution in [1.29, 1.82) is 0 Å². The van der Waals surface area contributed by atoms with Gasteiger partial charge >= 0.3 is 21.6 Å². The lowest BCUT2D eigenvalue weighted by Crippen LogP contribution is -2.53. The van der Waals surface area contributed by atoms with Gasteiger partial charge in [-0.3, -0.25) is 4.18 Å². The second kappa shape index (κ2) is 5.72. The van der Waals surface area contributed by atoms with E-state index in [1.807, 2.05) is 0 Å². The van der Waals surface area contributed by atoms with Gasteiger partial charge in [-0.05, 0) is 13.8 Å². The molecule has 1 fully saturated rings. The van der Waals surface area contributed by atoms with Crippen LogP contribution in [0, 0.1) is 0 Å². The van der Waals surface area contributed by atoms with Crippen LogP contribution in [-0.4, -0.2) is 50.6 Å². The summed E-state index contributed by atoms with van der Waals surface area (Å²) in [6.45, 7) is 2.00. The summed E-state index contributed by atoms with van der Waals surface area (Å²) in [5, 5.41) is 0. The van der Waals surface area contributed by atoms with Gasteiger partial charge in [0, 0.05) is 12.5 Å². The standard InChI is InChI=1S/C12H15F3O7S/c1-10(2)19-6-8(21-10)11(5-3-4-9(16)22-11)7-20-23(17,18)12(13,14)15/h3-4,8H,5-7H2,1-2H3/t8-,11-/m0/s1. The summed E-state index contributed by atoms with van der Waals surface area (Å²) in [6, 6.07) is 0. The molecule has 0 spiro atoms. The topological polar surface area (TPSA) is 88.1 Å². The number of alkyl halides is 3. The predicted molar refractivity (Wildman–Crippen MR) is 68.4 cm³/mol. The summed E-state index contributed by atoms with van der Waals surface area (Å²) in [5.74, 6) is -1.88. The maximum absolute atomic E-state index is 12.4. The monoisotopic (exact) mass is 360 g/mol. The largest absolute Gasteiger partial charge is 0.523 e. The first-order valence-corrected chi connectivity index (χ1v) is 7.95. The molecule has 0 aromatic heterocycles. The minimum absolute atomic E-state index is 0.0732. The lowest BCUT2D eigenvalue weighted by Gasteiger charge is -2.37. The number of halogens is 3. The maximum Gasteiger partial charge on any atom is 0.523 e. The maximum atomic E-state index is 12.4. The molecule has 0 aromatic carbocycles. The van der Waals surface area contributed by atoms with Gasteiger partial charge in [-0.1, -0.05) is 6.08 Å². The highest BCUT2D eigenvalue weighted by Crippen LogP contribution is 2.37. The fraction of sp³-hybridized carbons (Fsp3) is 0.750. The summed E-state index contributed by atoms with van der Waals surface area (Å²) in [4.78, 5) is 11.5. The number of rotatable bonds is 4. The third kappa shape index (κ3) is 3.84. The van der Waals surface area contributed by atoms with E-state index >= 15 is 0 Å². The molecule has 1 saturated heterocycles. The van der Waals surface area contributed by atoms with Crippen LogP contribution in [0.15, 0.2) is 12.2 Å². The van der Waals surface area contributed by atoms with Crippen molar-refractivity contribution >= 4 is 16.1 Å². The molecule has 11 heteroatoms. The average molecular weight is 360 g/mol. The smallest absolute Gasteiger partial charge is 0.450 e. The molecule has 132 valence electrons. The quantitative estimate of drug-likeness (QED) is 0.423. The second-order valence-corrected chi connectivity index (χ2v) is 7.18. The zero-order valence-electron chi connectivity index (χ0n) is 12.3. The molecule has 23 heavy (non-hydrogen) atoms. The molecule has 0 bridgehead atoms. The third-order valence-electron chi connectivity index (χ3n) is 3.36. The normalized spacial score (nSPS) is 31.2. The van der Waals surface area contributed by atoms with Crippen molar-refractivity contribution in [2.24, 2.45) is 0 Å². The molecule has 0 unspecified atom stereocenters. The van der Waals surface area contributed by atoms with Crippen LogP contribution in [0.4, 0.5) is 13.2 Å². The van der Waals surface area contributed by atoms with Crippen molar-refractivity contribution in [3.05, 3.63) is 12.2 Å². The van der Waals surface area contributed by atoms with Crippen LogP contribution in [0.2, 0.25) is 0 Å². The van der Waals surface area contributed by atoms with E-state index in [2.05, 4.69) is 4.18 Å². The zero-order chi connectivity index (χ0) is 17.5. The van der Waals surface area contributed by atoms with Crippen LogP contribution in [0.5, 0.6) is 0 Å². The molecule has 2 heterocycles. The summed E-state index contributed by atoms with van der Waals surface area (Å²) < 4.78 is 79.3. The molecule has 0 amide bonds. The lowest BCUT2D eigenvalue weighted by atomic mass is 9.92. The van der Waals surface area contributed by atoms with Crippen molar-refractivity contribution in [2.45, 2.75) is 43.3 Å². The lowest BCUT2D eigenvalue weighted by molar-refractivity contribution is -0.197. The van der Waals surface area contributed by atoms with Crippen molar-refractivity contribution in [1.82, 2.24) is 0 Å². The van der Waals surface area contributed by atoms with Gasteiger partial charge in [0.05, 0.1) is 6.61 Å². The van der Waals surface area contributed by atoms with E-state index in [0.717, 1.165) is 6.08 Å². The Morgan fingerprint density at radius 2 is 2.04 bits per heavy atom. The van der Waals surface area contributed by atoms with Crippen LogP contribution in [-0.2, 0) is 33.3 Å². The SMILES string of the molecule is CC1(C)OC[C@@H]([C@@]2(COS(=O)(=O)C(F)(F)F)CC=CC(=O)O2)O1. The van der Waals surface area contributed by atoms with Crippen LogP contribution in [0.1, 0.15) is 20.3 Å². The van der Waals surface area contributed by atoms with Crippen LogP contribution in [0.25, 0.3) is 0 Å². The fourth-order valence-corrected chi connectivity index (χ4v) is 2.69. The number of ether oxygens (including phenoxy) is 3. The number of hydrogen-bond acceptors (Lipinski definition) is 7. The van der Waals surface area contributed by atoms with E-state index in [9.17, 15) is 26.4 Å². The average Bonchev–Trinajstić information content (AvgIpc) is 2.76. The van der Waals surface area contributed by atoms with Crippen LogP contribution < -0.4 is 0 Å². The number of esters is 1. The van der Waals surface area contributed by atoms with Crippen molar-refractivity contribution in [3.63, 3.8) is 0 Å². The molecule has 2 rings (SSSR count). The number of carbonyl (C=O) groups excluding carboxylic acids is 1. The van der Waals surface area contributed by atoms with Crippen molar-refractivity contribution < 1.29 is 44.8 Å². The van der Waals surface area contributed by atoms with Crippen molar-refractivity contribution in [3.8, 4) is 0 Å². The van der Waals surface area contributed by atoms with Crippen molar-refractivity contribution in [2.75, 3.05) is 13.2 Å². The van der Waals surface area contributed by atoms with Gasteiger partial charge in [0.1, 0.15) is 12.7 Å². The van der Waals surface area contributed by atoms with E-state index in [-0.39, 0.29) is 13.0 Å². The minimum Gasteiger partial charge on any atom is -0.450 e. The number of hydrogen-bond donors (Lipinski definition) is 0. The first-order chi connectivity index (χ1) is 10.4. The fourth-order valence-electron chi connectivity index (χ4n) is 2.20. The molecule has 7 nitrogen and oxygen atoms in total. The Hall–Kier alpha value is -1.17. The Balaban J connectivity index is 2.23. The Morgan fingerprint density at radius 3 is 2.52 bits per heavy atom. The first-order valence-electron chi connectivity index (χ1n) is 6.54. The van der Waals surface area contributed by atoms with Gasteiger partial charge in [-0.15, -0.1) is 0 Å². The third-order valence-corrected chi connectivity index (χ3v) is 4.35. The predicted octanol–water partition coefficient (Wildman–Crippen LogP) is 1.25. The molecule has 2 aliphatic heterocycles. The summed E-state index contributed by atoms with van der Waals surface area (Å²) >= 11 is 0. The van der Waals surface area contributed by atoms with Gasteiger partial charge in [0.15, 0.2) is 11.4 Å². The highest BCUT2D eigenvalue weighted by molar-refractivity contribution is 7.87. The Labute approximate surface area is 130 Å². The zero-order valence-corrected chi connectivity index (χ0v) is 13.1. The van der Waals surface area contributed by atoms with Gasteiger partial charge in [-0.25, -0.2) is 4.79 Å². The van der Waals surface area contributed by atoms with Gasteiger partial charge in [0.2, 0.25) is 0 Å². The van der Waals surface area contributed by atoms with E-state index in [0.29, 0.717) is 0 Å². The molecular formula is C12H15F3O7S. The molecular weight excluding hydrogens is 345 g/mol. The molecule has 2 atom stereocenters. The highest BCUT2D eigenvalue weighted by atomic mass is 32.2. The Bertz CT molecular complexity index is 611. The molecule has 2 aliphatic rings. The van der Waals surface area contributed by atoms with E-state index < -0.39 is 45.7 Å². The highest BCUT2D eigenvalue weighted by Gasteiger charge is 2.54. The minimum atomic E-state index is -5.82. The summed E-state index contributed by atoms with van der Waals surface area (Å²) in [7, 11) is -5.82. The van der Waals surface area contributed by atoms with E-state index in [1.165, 1.54) is 6.08 Å². The molecule has 0 N–H and O–H groups in total. The second-order valence-electron chi connectivity index (χ2n) is 5.57.